The molecule has 2 fully saturated rings. The molecule has 1 aliphatic carbocycles. The molecule has 148 valence electrons. The van der Waals surface area contributed by atoms with Crippen LogP contribution < -0.4 is 10.1 Å². The van der Waals surface area contributed by atoms with E-state index >= 15 is 0 Å². The van der Waals surface area contributed by atoms with Crippen molar-refractivity contribution in [1.82, 2.24) is 10.2 Å². The Morgan fingerprint density at radius 3 is 2.59 bits per heavy atom. The van der Waals surface area contributed by atoms with E-state index in [0.717, 1.165) is 11.3 Å². The fraction of sp³-hybridized carbons (Fsp3) is 0.579. The number of hydrogen-bond acceptors (Lipinski definition) is 6. The van der Waals surface area contributed by atoms with E-state index in [1.165, 1.54) is 4.90 Å². The van der Waals surface area contributed by atoms with E-state index in [4.69, 9.17) is 14.2 Å². The first kappa shape index (κ1) is 19.3. The van der Waals surface area contributed by atoms with Crippen LogP contribution in [0.3, 0.4) is 0 Å². The smallest absolute Gasteiger partial charge is 0.410 e. The lowest BCUT2D eigenvalue weighted by Crippen LogP contribution is -2.54. The van der Waals surface area contributed by atoms with Gasteiger partial charge in [-0.15, -0.1) is 0 Å². The van der Waals surface area contributed by atoms with Crippen molar-refractivity contribution in [3.63, 3.8) is 0 Å². The van der Waals surface area contributed by atoms with Crippen LogP contribution in [0.15, 0.2) is 24.3 Å². The molecule has 1 heterocycles. The van der Waals surface area contributed by atoms with Gasteiger partial charge in [-0.25, -0.2) is 9.59 Å². The second-order valence-electron chi connectivity index (χ2n) is 7.86. The summed E-state index contributed by atoms with van der Waals surface area (Å²) in [6, 6.07) is 6.32. The molecule has 1 aromatic rings. The van der Waals surface area contributed by atoms with Gasteiger partial charge in [0.2, 0.25) is 0 Å². The number of aliphatic hydroxyl groups excluding tert-OH is 1. The number of nitrogens with one attached hydrogen (secondary N) is 1. The number of benzene rings is 1. The zero-order chi connectivity index (χ0) is 19.8. The Morgan fingerprint density at radius 1 is 1.33 bits per heavy atom. The standard InChI is InChI=1S/C19H26N2O6/c1-19(2,3)27-17(23)20-15-13-9-14(16(15)22)26-18(24)21(13)10-11-5-7-12(25-4)8-6-11/h5-8,13-16,22H,9-10H2,1-4H3,(H,20,23)/t13-,14+,15+,16-/m0/s1. The molecule has 2 aliphatic rings. The summed E-state index contributed by atoms with van der Waals surface area (Å²) in [6.45, 7) is 5.59. The number of alkyl carbamates (subject to hydrolysis) is 1. The third-order valence-electron chi connectivity index (χ3n) is 4.72. The van der Waals surface area contributed by atoms with Crippen LogP contribution in [-0.2, 0) is 16.0 Å². The predicted molar refractivity (Wildman–Crippen MR) is 96.4 cm³/mol. The molecular formula is C19H26N2O6. The fourth-order valence-corrected chi connectivity index (χ4v) is 3.49. The van der Waals surface area contributed by atoms with Gasteiger partial charge >= 0.3 is 12.2 Å². The first-order chi connectivity index (χ1) is 12.7. The van der Waals surface area contributed by atoms with Gasteiger partial charge in [0.15, 0.2) is 0 Å². The number of nitrogens with zero attached hydrogens (tertiary/aromatic N) is 1. The van der Waals surface area contributed by atoms with Gasteiger partial charge in [0.05, 0.1) is 19.2 Å². The Bertz CT molecular complexity index is 699. The van der Waals surface area contributed by atoms with Gasteiger partial charge in [0, 0.05) is 13.0 Å². The van der Waals surface area contributed by atoms with Crippen LogP contribution in [0.1, 0.15) is 32.8 Å². The van der Waals surface area contributed by atoms with Crippen molar-refractivity contribution < 1.29 is 28.9 Å². The monoisotopic (exact) mass is 378 g/mol. The van der Waals surface area contributed by atoms with E-state index in [1.807, 2.05) is 24.3 Å². The maximum Gasteiger partial charge on any atom is 0.410 e. The minimum absolute atomic E-state index is 0.305. The number of aliphatic hydroxyl groups is 1. The minimum Gasteiger partial charge on any atom is -0.497 e. The van der Waals surface area contributed by atoms with E-state index in [2.05, 4.69) is 5.32 Å². The SMILES string of the molecule is COc1ccc(CN2C(=O)O[C@@H]3C[C@H]2[C@@H](NC(=O)OC(C)(C)C)[C@H]3O)cc1. The van der Waals surface area contributed by atoms with E-state index in [-0.39, 0.29) is 6.04 Å². The quantitative estimate of drug-likeness (QED) is 0.832. The summed E-state index contributed by atoms with van der Waals surface area (Å²) in [7, 11) is 1.59. The molecule has 0 aromatic heterocycles. The highest BCUT2D eigenvalue weighted by Gasteiger charge is 2.53. The van der Waals surface area contributed by atoms with Gasteiger partial charge in [-0.2, -0.15) is 0 Å². The van der Waals surface area contributed by atoms with Crippen molar-refractivity contribution in [3.8, 4) is 5.75 Å². The molecular weight excluding hydrogens is 352 g/mol. The predicted octanol–water partition coefficient (Wildman–Crippen LogP) is 2.04. The normalized spacial score (nSPS) is 27.1. The Labute approximate surface area is 158 Å². The largest absolute Gasteiger partial charge is 0.497 e. The highest BCUT2D eigenvalue weighted by molar-refractivity contribution is 5.72. The molecule has 1 aromatic carbocycles. The van der Waals surface area contributed by atoms with Gasteiger partial charge in [-0.1, -0.05) is 12.1 Å². The first-order valence-corrected chi connectivity index (χ1v) is 8.96. The number of fused-ring (bicyclic) bond motifs is 2. The zero-order valence-electron chi connectivity index (χ0n) is 16.0. The molecule has 2 bridgehead atoms. The molecule has 4 atom stereocenters. The average molecular weight is 378 g/mol. The second-order valence-corrected chi connectivity index (χ2v) is 7.86. The lowest BCUT2D eigenvalue weighted by Gasteiger charge is -2.34. The summed E-state index contributed by atoms with van der Waals surface area (Å²) >= 11 is 0. The number of ether oxygens (including phenoxy) is 3. The van der Waals surface area contributed by atoms with Gasteiger partial charge in [0.1, 0.15) is 23.6 Å². The topological polar surface area (TPSA) is 97.3 Å². The third-order valence-corrected chi connectivity index (χ3v) is 4.72. The molecule has 0 radical (unpaired) electrons. The van der Waals surface area contributed by atoms with Crippen LogP contribution in [0, 0.1) is 0 Å². The van der Waals surface area contributed by atoms with Crippen molar-refractivity contribution in [1.29, 1.82) is 0 Å². The molecule has 2 N–H and O–H groups in total. The zero-order valence-corrected chi connectivity index (χ0v) is 16.0. The Kier molecular flexibility index (Phi) is 5.19. The minimum atomic E-state index is -0.979. The van der Waals surface area contributed by atoms with E-state index in [9.17, 15) is 14.7 Å². The van der Waals surface area contributed by atoms with Crippen LogP contribution in [0.5, 0.6) is 5.75 Å². The van der Waals surface area contributed by atoms with Crippen molar-refractivity contribution in [2.75, 3.05) is 7.11 Å². The molecule has 2 amide bonds. The van der Waals surface area contributed by atoms with Crippen LogP contribution in [0.2, 0.25) is 0 Å². The number of rotatable bonds is 4. The number of amides is 2. The van der Waals surface area contributed by atoms with E-state index < -0.39 is 36.0 Å². The second kappa shape index (κ2) is 7.26. The number of carbonyl (C=O) groups is 2. The molecule has 27 heavy (non-hydrogen) atoms. The van der Waals surface area contributed by atoms with Crippen LogP contribution in [0.4, 0.5) is 9.59 Å². The summed E-state index contributed by atoms with van der Waals surface area (Å²) in [4.78, 5) is 26.1. The van der Waals surface area contributed by atoms with Crippen molar-refractivity contribution in [3.05, 3.63) is 29.8 Å². The molecule has 8 nitrogen and oxygen atoms in total. The lowest BCUT2D eigenvalue weighted by atomic mass is 10.1. The number of carbonyl (C=O) groups excluding carboxylic acids is 2. The summed E-state index contributed by atoms with van der Waals surface area (Å²) < 4.78 is 15.8. The van der Waals surface area contributed by atoms with Crippen molar-refractivity contribution in [2.45, 2.75) is 63.6 Å². The highest BCUT2D eigenvalue weighted by atomic mass is 16.6. The van der Waals surface area contributed by atoms with Gasteiger partial charge in [-0.05, 0) is 38.5 Å². The Hall–Kier alpha value is -2.48. The maximum atomic E-state index is 12.4. The van der Waals surface area contributed by atoms with E-state index in [0.29, 0.717) is 13.0 Å². The maximum absolute atomic E-state index is 12.4. The summed E-state index contributed by atoms with van der Waals surface area (Å²) in [5.41, 5.74) is 0.237. The fourth-order valence-electron chi connectivity index (χ4n) is 3.49. The van der Waals surface area contributed by atoms with Gasteiger partial charge in [-0.3, -0.25) is 4.90 Å². The van der Waals surface area contributed by atoms with Gasteiger partial charge in [0.25, 0.3) is 0 Å². The summed E-state index contributed by atoms with van der Waals surface area (Å²) in [5.74, 6) is 0.723. The van der Waals surface area contributed by atoms with Crippen LogP contribution in [-0.4, -0.2) is 59.2 Å². The first-order valence-electron chi connectivity index (χ1n) is 8.96. The third kappa shape index (κ3) is 4.27. The van der Waals surface area contributed by atoms with Crippen molar-refractivity contribution >= 4 is 12.2 Å². The number of hydrogen-bond donors (Lipinski definition) is 2. The van der Waals surface area contributed by atoms with Crippen LogP contribution >= 0.6 is 0 Å². The lowest BCUT2D eigenvalue weighted by molar-refractivity contribution is -0.00864. The number of methoxy groups -OCH3 is 1. The van der Waals surface area contributed by atoms with E-state index in [1.54, 1.807) is 27.9 Å². The molecule has 0 unspecified atom stereocenters. The molecule has 3 rings (SSSR count). The highest BCUT2D eigenvalue weighted by Crippen LogP contribution is 2.34. The Morgan fingerprint density at radius 2 is 2.00 bits per heavy atom. The van der Waals surface area contributed by atoms with Crippen molar-refractivity contribution in [2.24, 2.45) is 0 Å². The molecule has 1 aliphatic heterocycles. The Balaban J connectivity index is 1.74. The summed E-state index contributed by atoms with van der Waals surface area (Å²) in [5, 5.41) is 13.2. The molecule has 0 spiro atoms. The van der Waals surface area contributed by atoms with Gasteiger partial charge < -0.3 is 24.6 Å². The molecule has 8 heteroatoms. The molecule has 1 saturated heterocycles. The summed E-state index contributed by atoms with van der Waals surface area (Å²) in [6.07, 6.45) is -2.29. The average Bonchev–Trinajstić information content (AvgIpc) is 2.83. The van der Waals surface area contributed by atoms with Crippen LogP contribution in [0.25, 0.3) is 0 Å². The molecule has 1 saturated carbocycles.